The second-order valence-electron chi connectivity index (χ2n) is 10.2. The van der Waals surface area contributed by atoms with Gasteiger partial charge in [0.05, 0.1) is 12.7 Å². The average Bonchev–Trinajstić information content (AvgIpc) is 3.33. The molecule has 0 bridgehead atoms. The zero-order valence-electron chi connectivity index (χ0n) is 22.6. The maximum absolute atomic E-state index is 13.4. The number of nitrogens with zero attached hydrogens (tertiary/aromatic N) is 1. The van der Waals surface area contributed by atoms with E-state index in [1.807, 2.05) is 24.3 Å². The van der Waals surface area contributed by atoms with Crippen LogP contribution in [0.2, 0.25) is 0 Å². The number of benzene rings is 3. The van der Waals surface area contributed by atoms with E-state index in [0.717, 1.165) is 17.7 Å². The third-order valence-corrected chi connectivity index (χ3v) is 6.03. The molecule has 4 rings (SSSR count). The van der Waals surface area contributed by atoms with Crippen molar-refractivity contribution in [2.75, 3.05) is 17.7 Å². The monoisotopic (exact) mass is 551 g/mol. The van der Waals surface area contributed by atoms with Gasteiger partial charge in [0.1, 0.15) is 5.75 Å². The number of amides is 2. The lowest BCUT2D eigenvalue weighted by Crippen LogP contribution is -2.15. The number of nitrogens with one attached hydrogen (secondary N) is 2. The molecule has 1 aromatic heterocycles. The lowest BCUT2D eigenvalue weighted by Gasteiger charge is -2.18. The highest BCUT2D eigenvalue weighted by Crippen LogP contribution is 2.36. The van der Waals surface area contributed by atoms with Gasteiger partial charge in [0.2, 0.25) is 11.8 Å². The third-order valence-electron chi connectivity index (χ3n) is 6.03. The highest BCUT2D eigenvalue weighted by molar-refractivity contribution is 6.07. The Bertz CT molecular complexity index is 1530. The Balaban J connectivity index is 1.76. The van der Waals surface area contributed by atoms with Gasteiger partial charge in [0.15, 0.2) is 11.5 Å². The molecule has 0 saturated carbocycles. The van der Waals surface area contributed by atoms with Crippen molar-refractivity contribution in [2.24, 2.45) is 0 Å². The number of methoxy groups -OCH3 is 1. The number of carbonyl (C=O) groups excluding carboxylic acids is 2. The van der Waals surface area contributed by atoms with E-state index < -0.39 is 17.6 Å². The zero-order chi connectivity index (χ0) is 29.2. The molecule has 0 fully saturated rings. The molecule has 0 aliphatic carbocycles. The molecule has 0 aliphatic heterocycles. The molecular weight excluding hydrogens is 523 g/mol. The molecule has 3 aromatic carbocycles. The normalized spacial score (nSPS) is 11.7. The molecule has 0 unspecified atom stereocenters. The first kappa shape index (κ1) is 28.4. The minimum atomic E-state index is -4.64. The number of rotatable bonds is 6. The topological polar surface area (TPSA) is 93.5 Å². The van der Waals surface area contributed by atoms with Gasteiger partial charge in [0, 0.05) is 35.5 Å². The summed E-state index contributed by atoms with van der Waals surface area (Å²) in [7, 11) is 1.23. The standard InChI is InChI=1S/C30H28F3N3O4/c1-17(37)34-22-12-8-18(9-13-22)26-25(36-28(40-26)19-6-10-20(11-7-19)29(2,3)4)27(38)35-23-14-21(30(31,32)33)15-24(16-23)39-5/h6-16H,1-5H3,(H,34,37)(H,35,38). The maximum Gasteiger partial charge on any atom is 0.416 e. The molecule has 0 spiro atoms. The fraction of sp³-hybridized carbons (Fsp3) is 0.233. The van der Waals surface area contributed by atoms with Gasteiger partial charge in [-0.1, -0.05) is 32.9 Å². The number of ether oxygens (including phenoxy) is 1. The van der Waals surface area contributed by atoms with E-state index in [1.165, 1.54) is 20.1 Å². The Labute approximate surface area is 229 Å². The van der Waals surface area contributed by atoms with E-state index in [-0.39, 0.29) is 40.1 Å². The number of alkyl halides is 3. The maximum atomic E-state index is 13.4. The lowest BCUT2D eigenvalue weighted by molar-refractivity contribution is -0.137. The summed E-state index contributed by atoms with van der Waals surface area (Å²) < 4.78 is 51.3. The van der Waals surface area contributed by atoms with E-state index in [2.05, 4.69) is 36.4 Å². The Morgan fingerprint density at radius 3 is 2.00 bits per heavy atom. The second kappa shape index (κ2) is 10.9. The second-order valence-corrected chi connectivity index (χ2v) is 10.2. The van der Waals surface area contributed by atoms with E-state index in [1.54, 1.807) is 24.3 Å². The molecule has 1 heterocycles. The van der Waals surface area contributed by atoms with E-state index >= 15 is 0 Å². The smallest absolute Gasteiger partial charge is 0.416 e. The summed E-state index contributed by atoms with van der Waals surface area (Å²) in [5.41, 5.74) is 1.42. The number of aromatic nitrogens is 1. The number of hydrogen-bond acceptors (Lipinski definition) is 5. The first-order valence-corrected chi connectivity index (χ1v) is 12.3. The molecule has 40 heavy (non-hydrogen) atoms. The Hall–Kier alpha value is -4.60. The summed E-state index contributed by atoms with van der Waals surface area (Å²) in [6, 6.07) is 17.0. The summed E-state index contributed by atoms with van der Waals surface area (Å²) in [5, 5.41) is 5.15. The fourth-order valence-electron chi connectivity index (χ4n) is 3.96. The highest BCUT2D eigenvalue weighted by atomic mass is 19.4. The SMILES string of the molecule is COc1cc(NC(=O)c2nc(-c3ccc(C(C)(C)C)cc3)oc2-c2ccc(NC(C)=O)cc2)cc(C(F)(F)F)c1. The Morgan fingerprint density at radius 1 is 0.825 bits per heavy atom. The van der Waals surface area contributed by atoms with Crippen LogP contribution in [0, 0.1) is 0 Å². The molecule has 0 radical (unpaired) electrons. The number of hydrogen-bond donors (Lipinski definition) is 2. The van der Waals surface area contributed by atoms with Crippen LogP contribution in [0.4, 0.5) is 24.5 Å². The molecule has 7 nitrogen and oxygen atoms in total. The fourth-order valence-corrected chi connectivity index (χ4v) is 3.96. The van der Waals surface area contributed by atoms with Gasteiger partial charge < -0.3 is 19.8 Å². The van der Waals surface area contributed by atoms with Gasteiger partial charge in [-0.2, -0.15) is 13.2 Å². The van der Waals surface area contributed by atoms with Crippen molar-refractivity contribution >= 4 is 23.2 Å². The van der Waals surface area contributed by atoms with Crippen molar-refractivity contribution in [2.45, 2.75) is 39.3 Å². The molecule has 208 valence electrons. The van der Waals surface area contributed by atoms with Crippen LogP contribution in [0.25, 0.3) is 22.8 Å². The molecule has 0 aliphatic rings. The van der Waals surface area contributed by atoms with Crippen molar-refractivity contribution in [1.82, 2.24) is 4.98 Å². The van der Waals surface area contributed by atoms with Gasteiger partial charge in [-0.3, -0.25) is 9.59 Å². The summed E-state index contributed by atoms with van der Waals surface area (Å²) in [6.07, 6.45) is -4.64. The van der Waals surface area contributed by atoms with Gasteiger partial charge >= 0.3 is 6.18 Å². The molecule has 0 saturated heterocycles. The summed E-state index contributed by atoms with van der Waals surface area (Å²) in [4.78, 5) is 29.2. The van der Waals surface area contributed by atoms with Gasteiger partial charge in [-0.25, -0.2) is 4.98 Å². The highest BCUT2D eigenvalue weighted by Gasteiger charge is 2.32. The molecule has 2 amide bonds. The first-order chi connectivity index (χ1) is 18.7. The summed E-state index contributed by atoms with van der Waals surface area (Å²) >= 11 is 0. The largest absolute Gasteiger partial charge is 0.497 e. The van der Waals surface area contributed by atoms with Crippen LogP contribution < -0.4 is 15.4 Å². The van der Waals surface area contributed by atoms with E-state index in [9.17, 15) is 22.8 Å². The van der Waals surface area contributed by atoms with Crippen LogP contribution in [0.5, 0.6) is 5.75 Å². The predicted molar refractivity (Wildman–Crippen MR) is 146 cm³/mol. The molecular formula is C30H28F3N3O4. The lowest BCUT2D eigenvalue weighted by atomic mass is 9.87. The van der Waals surface area contributed by atoms with Crippen molar-refractivity contribution in [1.29, 1.82) is 0 Å². The van der Waals surface area contributed by atoms with Crippen LogP contribution in [0.1, 0.15) is 49.3 Å². The van der Waals surface area contributed by atoms with Crippen LogP contribution in [-0.2, 0) is 16.4 Å². The van der Waals surface area contributed by atoms with Crippen molar-refractivity contribution in [3.8, 4) is 28.5 Å². The average molecular weight is 552 g/mol. The van der Waals surface area contributed by atoms with Crippen LogP contribution >= 0.6 is 0 Å². The minimum absolute atomic E-state index is 0.0707. The van der Waals surface area contributed by atoms with Crippen molar-refractivity contribution in [3.05, 3.63) is 83.6 Å². The van der Waals surface area contributed by atoms with Gasteiger partial charge in [-0.05, 0) is 59.5 Å². The first-order valence-electron chi connectivity index (χ1n) is 12.3. The third kappa shape index (κ3) is 6.51. The molecule has 4 aromatic rings. The van der Waals surface area contributed by atoms with Crippen LogP contribution in [0.3, 0.4) is 0 Å². The van der Waals surface area contributed by atoms with E-state index in [4.69, 9.17) is 9.15 Å². The Kier molecular flexibility index (Phi) is 7.72. The van der Waals surface area contributed by atoms with Crippen LogP contribution in [0.15, 0.2) is 71.1 Å². The van der Waals surface area contributed by atoms with Crippen molar-refractivity contribution < 1.29 is 31.9 Å². The Morgan fingerprint density at radius 2 is 1.45 bits per heavy atom. The molecule has 2 N–H and O–H groups in total. The number of carbonyl (C=O) groups is 2. The van der Waals surface area contributed by atoms with E-state index in [0.29, 0.717) is 16.8 Å². The van der Waals surface area contributed by atoms with Crippen molar-refractivity contribution in [3.63, 3.8) is 0 Å². The number of oxazole rings is 1. The number of halogens is 3. The number of anilines is 2. The van der Waals surface area contributed by atoms with Gasteiger partial charge in [-0.15, -0.1) is 0 Å². The zero-order valence-corrected chi connectivity index (χ0v) is 22.6. The predicted octanol–water partition coefficient (Wildman–Crippen LogP) is 7.54. The summed E-state index contributed by atoms with van der Waals surface area (Å²) in [6.45, 7) is 7.63. The molecule has 10 heteroatoms. The van der Waals surface area contributed by atoms with Gasteiger partial charge in [0.25, 0.3) is 5.91 Å². The quantitative estimate of drug-likeness (QED) is 0.258. The molecule has 0 atom stereocenters. The summed E-state index contributed by atoms with van der Waals surface area (Å²) in [5.74, 6) is -0.818. The van der Waals surface area contributed by atoms with Crippen LogP contribution in [-0.4, -0.2) is 23.9 Å². The minimum Gasteiger partial charge on any atom is -0.497 e.